The van der Waals surface area contributed by atoms with Gasteiger partial charge in [0.1, 0.15) is 6.10 Å². The molecule has 0 unspecified atom stereocenters. The molecule has 0 aromatic carbocycles. The van der Waals surface area contributed by atoms with Gasteiger partial charge in [0.15, 0.2) is 5.75 Å². The molecule has 1 saturated carbocycles. The third-order valence-electron chi connectivity index (χ3n) is 3.81. The van der Waals surface area contributed by atoms with Crippen LogP contribution >= 0.6 is 0 Å². The average molecular weight is 286 g/mol. The predicted octanol–water partition coefficient (Wildman–Crippen LogP) is 1.84. The van der Waals surface area contributed by atoms with E-state index in [-0.39, 0.29) is 18.1 Å². The van der Waals surface area contributed by atoms with Crippen LogP contribution in [0.4, 0.5) is 0 Å². The van der Waals surface area contributed by atoms with Gasteiger partial charge in [0, 0.05) is 12.4 Å². The summed E-state index contributed by atoms with van der Waals surface area (Å²) in [6.45, 7) is 1.91. The second kappa shape index (κ2) is 5.95. The van der Waals surface area contributed by atoms with E-state index in [9.17, 15) is 4.79 Å². The maximum atomic E-state index is 12.3. The Morgan fingerprint density at radius 3 is 3.10 bits per heavy atom. The Balaban J connectivity index is 1.66. The van der Waals surface area contributed by atoms with Crippen molar-refractivity contribution < 1.29 is 9.53 Å². The molecule has 2 N–H and O–H groups in total. The van der Waals surface area contributed by atoms with E-state index < -0.39 is 0 Å². The number of aromatic amines is 1. The van der Waals surface area contributed by atoms with E-state index in [0.29, 0.717) is 11.3 Å². The first-order chi connectivity index (χ1) is 10.2. The van der Waals surface area contributed by atoms with Gasteiger partial charge < -0.3 is 10.1 Å². The highest BCUT2D eigenvalue weighted by Gasteiger charge is 2.31. The molecule has 0 radical (unpaired) electrons. The fourth-order valence-electron chi connectivity index (χ4n) is 2.66. The van der Waals surface area contributed by atoms with E-state index in [4.69, 9.17) is 4.74 Å². The molecule has 1 amide bonds. The molecule has 2 aromatic heterocycles. The Labute approximate surface area is 122 Å². The van der Waals surface area contributed by atoms with Crippen molar-refractivity contribution in [3.63, 3.8) is 0 Å². The quantitative estimate of drug-likeness (QED) is 0.898. The minimum Gasteiger partial charge on any atom is -0.485 e. The first-order valence-electron chi connectivity index (χ1n) is 7.11. The number of nitrogens with one attached hydrogen (secondary N) is 2. The number of rotatable bonds is 4. The van der Waals surface area contributed by atoms with E-state index >= 15 is 0 Å². The van der Waals surface area contributed by atoms with Crippen LogP contribution in [0.5, 0.6) is 5.75 Å². The fourth-order valence-corrected chi connectivity index (χ4v) is 2.66. The number of carbonyl (C=O) groups excluding carboxylic acids is 1. The summed E-state index contributed by atoms with van der Waals surface area (Å²) in [5, 5.41) is 9.65. The highest BCUT2D eigenvalue weighted by atomic mass is 16.5. The van der Waals surface area contributed by atoms with Gasteiger partial charge in [-0.2, -0.15) is 5.10 Å². The van der Waals surface area contributed by atoms with E-state index in [1.54, 1.807) is 24.8 Å². The average Bonchev–Trinajstić information content (AvgIpc) is 3.12. The normalized spacial score (nSPS) is 21.2. The summed E-state index contributed by atoms with van der Waals surface area (Å²) in [5.41, 5.74) is 1.54. The van der Waals surface area contributed by atoms with Gasteiger partial charge >= 0.3 is 0 Å². The van der Waals surface area contributed by atoms with Crippen molar-refractivity contribution in [2.24, 2.45) is 0 Å². The van der Waals surface area contributed by atoms with Crippen molar-refractivity contribution in [2.45, 2.75) is 38.3 Å². The van der Waals surface area contributed by atoms with Gasteiger partial charge in [0.2, 0.25) is 0 Å². The Hall–Kier alpha value is -2.37. The van der Waals surface area contributed by atoms with Crippen molar-refractivity contribution in [3.05, 3.63) is 42.0 Å². The summed E-state index contributed by atoms with van der Waals surface area (Å²) < 4.78 is 5.87. The maximum absolute atomic E-state index is 12.3. The molecule has 1 aliphatic rings. The monoisotopic (exact) mass is 286 g/mol. The lowest BCUT2D eigenvalue weighted by molar-refractivity contribution is 0.0893. The summed E-state index contributed by atoms with van der Waals surface area (Å²) in [5.74, 6) is 0.618. The van der Waals surface area contributed by atoms with E-state index in [2.05, 4.69) is 20.5 Å². The Morgan fingerprint density at radius 2 is 2.33 bits per heavy atom. The van der Waals surface area contributed by atoms with Crippen LogP contribution in [-0.4, -0.2) is 33.2 Å². The van der Waals surface area contributed by atoms with Gasteiger partial charge in [-0.15, -0.1) is 0 Å². The molecule has 110 valence electrons. The van der Waals surface area contributed by atoms with Crippen LogP contribution in [0.1, 0.15) is 35.2 Å². The molecule has 6 nitrogen and oxygen atoms in total. The smallest absolute Gasteiger partial charge is 0.253 e. The molecular weight excluding hydrogens is 268 g/mol. The number of H-pyrrole nitrogens is 1. The fraction of sp³-hybridized carbons (Fsp3) is 0.400. The van der Waals surface area contributed by atoms with Crippen molar-refractivity contribution in [1.29, 1.82) is 0 Å². The molecule has 2 atom stereocenters. The van der Waals surface area contributed by atoms with E-state index in [0.717, 1.165) is 24.8 Å². The molecule has 0 saturated heterocycles. The lowest BCUT2D eigenvalue weighted by Crippen LogP contribution is -2.42. The molecule has 21 heavy (non-hydrogen) atoms. The molecule has 2 aromatic rings. The number of hydrogen-bond donors (Lipinski definition) is 2. The minimum atomic E-state index is -0.0895. The lowest BCUT2D eigenvalue weighted by atomic mass is 10.1. The van der Waals surface area contributed by atoms with Crippen LogP contribution in [0, 0.1) is 6.92 Å². The zero-order chi connectivity index (χ0) is 14.7. The highest BCUT2D eigenvalue weighted by Crippen LogP contribution is 2.24. The summed E-state index contributed by atoms with van der Waals surface area (Å²) >= 11 is 0. The van der Waals surface area contributed by atoms with Gasteiger partial charge in [0.05, 0.1) is 24.0 Å². The first kappa shape index (κ1) is 13.6. The molecular formula is C15H18N4O2. The van der Waals surface area contributed by atoms with Gasteiger partial charge in [-0.3, -0.25) is 14.9 Å². The standard InChI is InChI=1S/C15H18N4O2/c1-10-5-6-16-9-12(10)15(20)19-13-3-2-4-14(13)21-11-7-17-18-8-11/h5-9,13-14H,2-4H2,1H3,(H,17,18)(H,19,20)/t13-,14+/m0/s1. The third kappa shape index (κ3) is 3.04. The second-order valence-corrected chi connectivity index (χ2v) is 5.29. The number of nitrogens with zero attached hydrogens (tertiary/aromatic N) is 2. The molecule has 0 spiro atoms. The summed E-state index contributed by atoms with van der Waals surface area (Å²) in [6.07, 6.45) is 9.53. The third-order valence-corrected chi connectivity index (χ3v) is 3.81. The number of ether oxygens (including phenoxy) is 1. The van der Waals surface area contributed by atoms with Crippen LogP contribution in [0.25, 0.3) is 0 Å². The van der Waals surface area contributed by atoms with Crippen molar-refractivity contribution in [3.8, 4) is 5.75 Å². The summed E-state index contributed by atoms with van der Waals surface area (Å²) in [4.78, 5) is 16.4. The number of hydrogen-bond acceptors (Lipinski definition) is 4. The molecule has 3 rings (SSSR count). The van der Waals surface area contributed by atoms with Gasteiger partial charge in [-0.1, -0.05) is 0 Å². The molecule has 6 heteroatoms. The van der Waals surface area contributed by atoms with Crippen LogP contribution in [0.2, 0.25) is 0 Å². The van der Waals surface area contributed by atoms with Crippen LogP contribution in [-0.2, 0) is 0 Å². The Bertz CT molecular complexity index is 612. The van der Waals surface area contributed by atoms with Crippen LogP contribution < -0.4 is 10.1 Å². The van der Waals surface area contributed by atoms with Gasteiger partial charge in [0.25, 0.3) is 5.91 Å². The Kier molecular flexibility index (Phi) is 3.85. The van der Waals surface area contributed by atoms with Crippen molar-refractivity contribution >= 4 is 5.91 Å². The zero-order valence-corrected chi connectivity index (χ0v) is 11.9. The maximum Gasteiger partial charge on any atom is 0.253 e. The molecule has 1 fully saturated rings. The topological polar surface area (TPSA) is 79.9 Å². The SMILES string of the molecule is Cc1ccncc1C(=O)N[C@H]1CCC[C@H]1Oc1cn[nH]c1. The van der Waals surface area contributed by atoms with Crippen LogP contribution in [0.15, 0.2) is 30.9 Å². The number of amides is 1. The number of aromatic nitrogens is 3. The number of aryl methyl sites for hydroxylation is 1. The molecule has 0 aliphatic heterocycles. The highest BCUT2D eigenvalue weighted by molar-refractivity contribution is 5.95. The van der Waals surface area contributed by atoms with Crippen LogP contribution in [0.3, 0.4) is 0 Å². The van der Waals surface area contributed by atoms with E-state index in [1.165, 1.54) is 0 Å². The van der Waals surface area contributed by atoms with Crippen molar-refractivity contribution in [1.82, 2.24) is 20.5 Å². The summed E-state index contributed by atoms with van der Waals surface area (Å²) in [6, 6.07) is 1.86. The largest absolute Gasteiger partial charge is 0.485 e. The Morgan fingerprint density at radius 1 is 1.43 bits per heavy atom. The van der Waals surface area contributed by atoms with Gasteiger partial charge in [-0.25, -0.2) is 0 Å². The molecule has 0 bridgehead atoms. The zero-order valence-electron chi connectivity index (χ0n) is 11.9. The number of pyridine rings is 1. The lowest BCUT2D eigenvalue weighted by Gasteiger charge is -2.21. The minimum absolute atomic E-state index is 0.0106. The van der Waals surface area contributed by atoms with Gasteiger partial charge in [-0.05, 0) is 37.8 Å². The number of carbonyl (C=O) groups is 1. The second-order valence-electron chi connectivity index (χ2n) is 5.29. The predicted molar refractivity (Wildman–Crippen MR) is 77.1 cm³/mol. The van der Waals surface area contributed by atoms with E-state index in [1.807, 2.05) is 13.0 Å². The molecule has 2 heterocycles. The van der Waals surface area contributed by atoms with Crippen molar-refractivity contribution in [2.75, 3.05) is 0 Å². The first-order valence-corrected chi connectivity index (χ1v) is 7.11. The molecule has 1 aliphatic carbocycles. The summed E-state index contributed by atoms with van der Waals surface area (Å²) in [7, 11) is 0.